The third-order valence-electron chi connectivity index (χ3n) is 3.25. The van der Waals surface area contributed by atoms with E-state index in [2.05, 4.69) is 16.0 Å². The van der Waals surface area contributed by atoms with Crippen molar-refractivity contribution in [3.8, 4) is 0 Å². The average Bonchev–Trinajstić information content (AvgIpc) is 3.05. The zero-order valence-electron chi connectivity index (χ0n) is 13.0. The van der Waals surface area contributed by atoms with Gasteiger partial charge in [0.15, 0.2) is 0 Å². The van der Waals surface area contributed by atoms with Crippen LogP contribution in [0.1, 0.15) is 19.1 Å². The van der Waals surface area contributed by atoms with E-state index >= 15 is 0 Å². The molecule has 0 saturated heterocycles. The van der Waals surface area contributed by atoms with E-state index in [0.717, 1.165) is 18.6 Å². The molecular formula is C17H21N3O3. The first-order valence-electron chi connectivity index (χ1n) is 7.55. The van der Waals surface area contributed by atoms with Gasteiger partial charge >= 0.3 is 6.03 Å². The number of furan rings is 1. The summed E-state index contributed by atoms with van der Waals surface area (Å²) in [5.74, 6) is 0.621. The number of aryl methyl sites for hydroxylation is 1. The van der Waals surface area contributed by atoms with Crippen LogP contribution in [0.3, 0.4) is 0 Å². The molecule has 23 heavy (non-hydrogen) atoms. The number of anilines is 1. The van der Waals surface area contributed by atoms with Crippen molar-refractivity contribution >= 4 is 17.6 Å². The van der Waals surface area contributed by atoms with E-state index in [4.69, 9.17) is 4.42 Å². The lowest BCUT2D eigenvalue weighted by Crippen LogP contribution is -2.43. The van der Waals surface area contributed by atoms with Crippen molar-refractivity contribution in [2.45, 2.75) is 25.8 Å². The molecule has 1 aromatic heterocycles. The van der Waals surface area contributed by atoms with Gasteiger partial charge in [-0.2, -0.15) is 0 Å². The maximum Gasteiger partial charge on any atom is 0.315 e. The van der Waals surface area contributed by atoms with Gasteiger partial charge in [0.25, 0.3) is 0 Å². The molecule has 6 nitrogen and oxygen atoms in total. The minimum Gasteiger partial charge on any atom is -0.469 e. The first-order chi connectivity index (χ1) is 11.1. The normalized spacial score (nSPS) is 11.5. The van der Waals surface area contributed by atoms with Crippen LogP contribution >= 0.6 is 0 Å². The van der Waals surface area contributed by atoms with Crippen molar-refractivity contribution in [1.82, 2.24) is 10.6 Å². The van der Waals surface area contributed by atoms with Crippen LogP contribution in [-0.2, 0) is 11.2 Å². The Bertz CT molecular complexity index is 611. The van der Waals surface area contributed by atoms with E-state index in [1.54, 1.807) is 18.4 Å². The minimum atomic E-state index is -0.361. The Morgan fingerprint density at radius 3 is 2.61 bits per heavy atom. The van der Waals surface area contributed by atoms with Gasteiger partial charge in [-0.1, -0.05) is 18.2 Å². The van der Waals surface area contributed by atoms with Crippen LogP contribution in [0.5, 0.6) is 0 Å². The molecule has 0 radical (unpaired) electrons. The number of para-hydroxylation sites is 1. The van der Waals surface area contributed by atoms with E-state index in [1.807, 2.05) is 37.3 Å². The van der Waals surface area contributed by atoms with E-state index in [-0.39, 0.29) is 24.5 Å². The topological polar surface area (TPSA) is 83.4 Å². The SMILES string of the molecule is C[C@@H](CCc1ccco1)NC(=O)NCC(=O)Nc1ccccc1. The molecular weight excluding hydrogens is 294 g/mol. The molecule has 0 fully saturated rings. The largest absolute Gasteiger partial charge is 0.469 e. The zero-order chi connectivity index (χ0) is 16.5. The Balaban J connectivity index is 1.63. The Morgan fingerprint density at radius 1 is 1.13 bits per heavy atom. The highest BCUT2D eigenvalue weighted by Crippen LogP contribution is 2.06. The molecule has 3 amide bonds. The van der Waals surface area contributed by atoms with E-state index in [0.29, 0.717) is 5.69 Å². The average molecular weight is 315 g/mol. The Hall–Kier alpha value is -2.76. The molecule has 1 heterocycles. The van der Waals surface area contributed by atoms with Crippen LogP contribution in [0.25, 0.3) is 0 Å². The highest BCUT2D eigenvalue weighted by atomic mass is 16.3. The van der Waals surface area contributed by atoms with Crippen LogP contribution in [0.15, 0.2) is 53.1 Å². The molecule has 0 aliphatic carbocycles. The standard InChI is InChI=1S/C17H21N3O3/c1-13(9-10-15-8-5-11-23-15)19-17(22)18-12-16(21)20-14-6-3-2-4-7-14/h2-8,11,13H,9-10,12H2,1H3,(H,20,21)(H2,18,19,22)/t13-/m0/s1. The van der Waals surface area contributed by atoms with Crippen LogP contribution in [0, 0.1) is 0 Å². The minimum absolute atomic E-state index is 0.0164. The van der Waals surface area contributed by atoms with Gasteiger partial charge in [0.05, 0.1) is 12.8 Å². The lowest BCUT2D eigenvalue weighted by atomic mass is 10.1. The van der Waals surface area contributed by atoms with Gasteiger partial charge in [-0.05, 0) is 37.6 Å². The third-order valence-corrected chi connectivity index (χ3v) is 3.25. The highest BCUT2D eigenvalue weighted by molar-refractivity contribution is 5.94. The molecule has 1 atom stereocenters. The molecule has 122 valence electrons. The monoisotopic (exact) mass is 315 g/mol. The summed E-state index contributed by atoms with van der Waals surface area (Å²) in [5, 5.41) is 8.03. The van der Waals surface area contributed by atoms with Gasteiger partial charge in [-0.25, -0.2) is 4.79 Å². The predicted molar refractivity (Wildman–Crippen MR) is 88.1 cm³/mol. The van der Waals surface area contributed by atoms with Crippen molar-refractivity contribution in [3.63, 3.8) is 0 Å². The number of amides is 3. The Morgan fingerprint density at radius 2 is 1.91 bits per heavy atom. The summed E-state index contributed by atoms with van der Waals surface area (Å²) in [5.41, 5.74) is 0.700. The van der Waals surface area contributed by atoms with Crippen molar-refractivity contribution in [2.75, 3.05) is 11.9 Å². The van der Waals surface area contributed by atoms with Crippen molar-refractivity contribution in [1.29, 1.82) is 0 Å². The summed E-state index contributed by atoms with van der Waals surface area (Å²) < 4.78 is 5.24. The second-order valence-electron chi connectivity index (χ2n) is 5.26. The van der Waals surface area contributed by atoms with Crippen LogP contribution in [-0.4, -0.2) is 24.5 Å². The van der Waals surface area contributed by atoms with Gasteiger partial charge in [0.1, 0.15) is 5.76 Å². The molecule has 1 aromatic carbocycles. The van der Waals surface area contributed by atoms with E-state index < -0.39 is 0 Å². The number of hydrogen-bond acceptors (Lipinski definition) is 3. The fraction of sp³-hybridized carbons (Fsp3) is 0.294. The predicted octanol–water partition coefficient (Wildman–Crippen LogP) is 2.54. The Kier molecular flexibility index (Phi) is 6.23. The molecule has 2 aromatic rings. The van der Waals surface area contributed by atoms with Gasteiger partial charge in [0, 0.05) is 18.2 Å². The first-order valence-corrected chi connectivity index (χ1v) is 7.55. The number of carbonyl (C=O) groups excluding carboxylic acids is 2. The highest BCUT2D eigenvalue weighted by Gasteiger charge is 2.09. The van der Waals surface area contributed by atoms with Gasteiger partial charge in [0.2, 0.25) is 5.91 Å². The lowest BCUT2D eigenvalue weighted by molar-refractivity contribution is -0.115. The second kappa shape index (κ2) is 8.63. The van der Waals surface area contributed by atoms with Gasteiger partial charge in [-0.15, -0.1) is 0 Å². The molecule has 0 bridgehead atoms. The summed E-state index contributed by atoms with van der Waals surface area (Å²) in [6.07, 6.45) is 3.14. The van der Waals surface area contributed by atoms with E-state index in [1.165, 1.54) is 0 Å². The summed E-state index contributed by atoms with van der Waals surface area (Å²) in [7, 11) is 0. The van der Waals surface area contributed by atoms with Crippen molar-refractivity contribution in [3.05, 3.63) is 54.5 Å². The maximum absolute atomic E-state index is 11.7. The number of carbonyl (C=O) groups is 2. The van der Waals surface area contributed by atoms with Crippen LogP contribution in [0.2, 0.25) is 0 Å². The molecule has 0 unspecified atom stereocenters. The molecule has 3 N–H and O–H groups in total. The fourth-order valence-electron chi connectivity index (χ4n) is 2.05. The maximum atomic E-state index is 11.7. The number of rotatable bonds is 7. The number of hydrogen-bond donors (Lipinski definition) is 3. The van der Waals surface area contributed by atoms with Crippen molar-refractivity contribution in [2.24, 2.45) is 0 Å². The number of benzene rings is 1. The van der Waals surface area contributed by atoms with Crippen molar-refractivity contribution < 1.29 is 14.0 Å². The molecule has 0 aliphatic heterocycles. The van der Waals surface area contributed by atoms with E-state index in [9.17, 15) is 9.59 Å². The molecule has 0 saturated carbocycles. The summed E-state index contributed by atoms with van der Waals surface area (Å²) in [6, 6.07) is 12.5. The third kappa shape index (κ3) is 6.25. The molecule has 0 aliphatic rings. The lowest BCUT2D eigenvalue weighted by Gasteiger charge is -2.14. The zero-order valence-corrected chi connectivity index (χ0v) is 13.0. The summed E-state index contributed by atoms with van der Waals surface area (Å²) in [6.45, 7) is 1.83. The number of urea groups is 1. The quantitative estimate of drug-likeness (QED) is 0.734. The fourth-order valence-corrected chi connectivity index (χ4v) is 2.05. The molecule has 2 rings (SSSR count). The van der Waals surface area contributed by atoms with Gasteiger partial charge in [-0.3, -0.25) is 4.79 Å². The smallest absolute Gasteiger partial charge is 0.315 e. The summed E-state index contributed by atoms with van der Waals surface area (Å²) >= 11 is 0. The van der Waals surface area contributed by atoms with Crippen LogP contribution in [0.4, 0.5) is 10.5 Å². The first kappa shape index (κ1) is 16.6. The molecule has 0 spiro atoms. The molecule has 6 heteroatoms. The summed E-state index contributed by atoms with van der Waals surface area (Å²) in [4.78, 5) is 23.5. The van der Waals surface area contributed by atoms with Crippen LogP contribution < -0.4 is 16.0 Å². The second-order valence-corrected chi connectivity index (χ2v) is 5.26. The Labute approximate surface area is 135 Å². The van der Waals surface area contributed by atoms with Gasteiger partial charge < -0.3 is 20.4 Å². The number of nitrogens with one attached hydrogen (secondary N) is 3.